The highest BCUT2D eigenvalue weighted by atomic mass is 32.2. The molecule has 3 nitrogen and oxygen atoms in total. The number of rotatable bonds is 5. The average molecular weight is 238 g/mol. The van der Waals surface area contributed by atoms with E-state index in [1.807, 2.05) is 13.0 Å². The molecule has 0 radical (unpaired) electrons. The minimum Gasteiger partial charge on any atom is -0.383 e. The zero-order chi connectivity index (χ0) is 12.1. The fourth-order valence-electron chi connectivity index (χ4n) is 1.22. The van der Waals surface area contributed by atoms with Gasteiger partial charge in [0.05, 0.1) is 11.3 Å². The summed E-state index contributed by atoms with van der Waals surface area (Å²) in [6.45, 7) is 6.14. The fourth-order valence-corrected chi connectivity index (χ4v) is 2.04. The summed E-state index contributed by atoms with van der Waals surface area (Å²) in [5, 5.41) is 0.503. The quantitative estimate of drug-likeness (QED) is 0.801. The Hall–Kier alpha value is -1.03. The molecular formula is C12H18N2OS. The van der Waals surface area contributed by atoms with Gasteiger partial charge < -0.3 is 5.73 Å². The smallest absolute Gasteiger partial charge is 0.176 e. The molecule has 0 amide bonds. The van der Waals surface area contributed by atoms with Crippen molar-refractivity contribution < 1.29 is 4.79 Å². The van der Waals surface area contributed by atoms with E-state index >= 15 is 0 Å². The number of hydrogen-bond acceptors (Lipinski definition) is 4. The van der Waals surface area contributed by atoms with Gasteiger partial charge in [-0.25, -0.2) is 4.98 Å². The van der Waals surface area contributed by atoms with Crippen LogP contribution >= 0.6 is 11.8 Å². The standard InChI is InChI=1S/C12H18N2OS/c1-4-9(3)16-7-11(15)10-5-8(2)6-14-12(10)13/h5-6,9H,4,7H2,1-3H3,(H2,13,14). The molecule has 0 fully saturated rings. The number of carbonyl (C=O) groups is 1. The minimum atomic E-state index is 0.0685. The van der Waals surface area contributed by atoms with Crippen molar-refractivity contribution in [3.05, 3.63) is 23.4 Å². The number of thioether (sulfide) groups is 1. The second-order valence-electron chi connectivity index (χ2n) is 3.90. The zero-order valence-corrected chi connectivity index (χ0v) is 10.8. The van der Waals surface area contributed by atoms with Crippen molar-refractivity contribution in [2.24, 2.45) is 0 Å². The van der Waals surface area contributed by atoms with Crippen molar-refractivity contribution >= 4 is 23.4 Å². The maximum atomic E-state index is 11.9. The van der Waals surface area contributed by atoms with E-state index < -0.39 is 0 Å². The van der Waals surface area contributed by atoms with E-state index in [-0.39, 0.29) is 5.78 Å². The molecule has 0 saturated heterocycles. The topological polar surface area (TPSA) is 56.0 Å². The highest BCUT2D eigenvalue weighted by molar-refractivity contribution is 8.00. The third kappa shape index (κ3) is 3.52. The molecule has 1 heterocycles. The molecule has 0 aliphatic heterocycles. The Labute approximate surface area is 101 Å². The van der Waals surface area contributed by atoms with Crippen LogP contribution in [-0.4, -0.2) is 21.8 Å². The molecule has 0 aromatic carbocycles. The summed E-state index contributed by atoms with van der Waals surface area (Å²) in [7, 11) is 0. The largest absolute Gasteiger partial charge is 0.383 e. The minimum absolute atomic E-state index is 0.0685. The highest BCUT2D eigenvalue weighted by Crippen LogP contribution is 2.18. The molecule has 0 aliphatic rings. The SMILES string of the molecule is CCC(C)SCC(=O)c1cc(C)cnc1N. The second kappa shape index (κ2) is 5.89. The van der Waals surface area contributed by atoms with Gasteiger partial charge in [0.2, 0.25) is 0 Å². The van der Waals surface area contributed by atoms with Crippen LogP contribution in [0.15, 0.2) is 12.3 Å². The number of nitrogens with two attached hydrogens (primary N) is 1. The lowest BCUT2D eigenvalue weighted by Crippen LogP contribution is -2.10. The number of carbonyl (C=O) groups excluding carboxylic acids is 1. The monoisotopic (exact) mass is 238 g/mol. The number of nitrogen functional groups attached to an aromatic ring is 1. The summed E-state index contributed by atoms with van der Waals surface area (Å²) in [5.41, 5.74) is 7.20. The average Bonchev–Trinajstić information content (AvgIpc) is 2.28. The molecule has 16 heavy (non-hydrogen) atoms. The van der Waals surface area contributed by atoms with Gasteiger partial charge in [0.25, 0.3) is 0 Å². The van der Waals surface area contributed by atoms with Crippen LogP contribution in [0.4, 0.5) is 5.82 Å². The maximum absolute atomic E-state index is 11.9. The highest BCUT2D eigenvalue weighted by Gasteiger charge is 2.12. The lowest BCUT2D eigenvalue weighted by Gasteiger charge is -2.08. The van der Waals surface area contributed by atoms with Crippen molar-refractivity contribution in [2.75, 3.05) is 11.5 Å². The van der Waals surface area contributed by atoms with Crippen LogP contribution in [0, 0.1) is 6.92 Å². The molecule has 1 aromatic heterocycles. The van der Waals surface area contributed by atoms with Gasteiger partial charge in [-0.1, -0.05) is 13.8 Å². The number of pyridine rings is 1. The molecule has 0 saturated carbocycles. The Morgan fingerprint density at radius 2 is 2.31 bits per heavy atom. The summed E-state index contributed by atoms with van der Waals surface area (Å²) in [4.78, 5) is 15.9. The van der Waals surface area contributed by atoms with Crippen LogP contribution in [0.2, 0.25) is 0 Å². The van der Waals surface area contributed by atoms with Crippen LogP contribution in [-0.2, 0) is 0 Å². The predicted octanol–water partition coefficient (Wildman–Crippen LogP) is 2.69. The van der Waals surface area contributed by atoms with Gasteiger partial charge in [0.15, 0.2) is 5.78 Å². The molecule has 88 valence electrons. The van der Waals surface area contributed by atoms with Crippen molar-refractivity contribution in [3.63, 3.8) is 0 Å². The number of aromatic nitrogens is 1. The first-order chi connectivity index (χ1) is 7.54. The number of nitrogens with zero attached hydrogens (tertiary/aromatic N) is 1. The van der Waals surface area contributed by atoms with E-state index in [0.717, 1.165) is 12.0 Å². The molecule has 1 rings (SSSR count). The van der Waals surface area contributed by atoms with Crippen LogP contribution < -0.4 is 5.73 Å². The van der Waals surface area contributed by atoms with E-state index in [0.29, 0.717) is 22.4 Å². The van der Waals surface area contributed by atoms with E-state index in [1.165, 1.54) is 0 Å². The molecule has 1 unspecified atom stereocenters. The van der Waals surface area contributed by atoms with Crippen molar-refractivity contribution in [3.8, 4) is 0 Å². The summed E-state index contributed by atoms with van der Waals surface area (Å²) in [5.74, 6) is 0.879. The Morgan fingerprint density at radius 1 is 1.62 bits per heavy atom. The Morgan fingerprint density at radius 3 is 2.94 bits per heavy atom. The number of Topliss-reactive ketones (excluding diaryl/α,β-unsaturated/α-hetero) is 1. The van der Waals surface area contributed by atoms with Gasteiger partial charge in [-0.3, -0.25) is 4.79 Å². The maximum Gasteiger partial charge on any atom is 0.176 e. The fraction of sp³-hybridized carbons (Fsp3) is 0.500. The first-order valence-corrected chi connectivity index (χ1v) is 6.46. The summed E-state index contributed by atoms with van der Waals surface area (Å²) in [6, 6.07) is 1.81. The molecule has 0 aliphatic carbocycles. The lowest BCUT2D eigenvalue weighted by molar-refractivity contribution is 0.102. The first-order valence-electron chi connectivity index (χ1n) is 5.41. The molecule has 1 atom stereocenters. The Kier molecular flexibility index (Phi) is 4.80. The number of ketones is 1. The van der Waals surface area contributed by atoms with Gasteiger partial charge in [-0.2, -0.15) is 11.8 Å². The summed E-state index contributed by atoms with van der Waals surface area (Å²) >= 11 is 1.66. The van der Waals surface area contributed by atoms with Gasteiger partial charge in [0, 0.05) is 11.4 Å². The van der Waals surface area contributed by atoms with Crippen LogP contribution in [0.3, 0.4) is 0 Å². The third-order valence-electron chi connectivity index (χ3n) is 2.43. The third-order valence-corrected chi connectivity index (χ3v) is 3.76. The normalized spacial score (nSPS) is 12.4. The van der Waals surface area contributed by atoms with Gasteiger partial charge in [-0.05, 0) is 25.0 Å². The van der Waals surface area contributed by atoms with Crippen molar-refractivity contribution in [1.82, 2.24) is 4.98 Å². The molecule has 0 bridgehead atoms. The molecular weight excluding hydrogens is 220 g/mol. The van der Waals surface area contributed by atoms with E-state index in [4.69, 9.17) is 5.73 Å². The number of hydrogen-bond donors (Lipinski definition) is 1. The number of anilines is 1. The predicted molar refractivity (Wildman–Crippen MR) is 69.9 cm³/mol. The summed E-state index contributed by atoms with van der Waals surface area (Å²) in [6.07, 6.45) is 2.74. The van der Waals surface area contributed by atoms with Crippen LogP contribution in [0.1, 0.15) is 36.2 Å². The molecule has 4 heteroatoms. The van der Waals surface area contributed by atoms with Gasteiger partial charge >= 0.3 is 0 Å². The van der Waals surface area contributed by atoms with Crippen LogP contribution in [0.5, 0.6) is 0 Å². The Bertz CT molecular complexity index is 379. The van der Waals surface area contributed by atoms with Gasteiger partial charge in [0.1, 0.15) is 5.82 Å². The van der Waals surface area contributed by atoms with Gasteiger partial charge in [-0.15, -0.1) is 0 Å². The van der Waals surface area contributed by atoms with E-state index in [1.54, 1.807) is 18.0 Å². The number of aryl methyl sites for hydroxylation is 1. The molecule has 0 spiro atoms. The van der Waals surface area contributed by atoms with Crippen LogP contribution in [0.25, 0.3) is 0 Å². The lowest BCUT2D eigenvalue weighted by atomic mass is 10.1. The second-order valence-corrected chi connectivity index (χ2v) is 5.33. The van der Waals surface area contributed by atoms with Crippen molar-refractivity contribution in [1.29, 1.82) is 0 Å². The molecule has 2 N–H and O–H groups in total. The van der Waals surface area contributed by atoms with E-state index in [9.17, 15) is 4.79 Å². The Balaban J connectivity index is 2.69. The van der Waals surface area contributed by atoms with Crippen molar-refractivity contribution in [2.45, 2.75) is 32.4 Å². The first kappa shape index (κ1) is 13.0. The van der Waals surface area contributed by atoms with E-state index in [2.05, 4.69) is 18.8 Å². The molecule has 1 aromatic rings. The summed E-state index contributed by atoms with van der Waals surface area (Å²) < 4.78 is 0. The zero-order valence-electron chi connectivity index (χ0n) is 9.99.